The lowest BCUT2D eigenvalue weighted by molar-refractivity contribution is -0.141. The molecule has 0 fully saturated rings. The Morgan fingerprint density at radius 2 is 1.93 bits per heavy atom. The summed E-state index contributed by atoms with van der Waals surface area (Å²) in [5, 5.41) is 8.64. The van der Waals surface area contributed by atoms with E-state index >= 15 is 0 Å². The summed E-state index contributed by atoms with van der Waals surface area (Å²) in [6, 6.07) is 0. The van der Waals surface area contributed by atoms with Crippen LogP contribution < -0.4 is 9.44 Å². The van der Waals surface area contributed by atoms with E-state index < -0.39 is 22.1 Å². The fourth-order valence-electron chi connectivity index (χ4n) is 0.858. The van der Waals surface area contributed by atoms with Crippen molar-refractivity contribution in [2.75, 3.05) is 13.1 Å². The van der Waals surface area contributed by atoms with E-state index in [-0.39, 0.29) is 13.1 Å². The maximum atomic E-state index is 11.1. The SMILES string of the molecule is CCNS(=O)(=O)NCC(CC)C(=O)O. The van der Waals surface area contributed by atoms with E-state index in [2.05, 4.69) is 9.44 Å². The summed E-state index contributed by atoms with van der Waals surface area (Å²) in [4.78, 5) is 10.6. The lowest BCUT2D eigenvalue weighted by Crippen LogP contribution is -2.40. The van der Waals surface area contributed by atoms with E-state index in [4.69, 9.17) is 5.11 Å². The van der Waals surface area contributed by atoms with Crippen molar-refractivity contribution in [3.8, 4) is 0 Å². The van der Waals surface area contributed by atoms with Crippen molar-refractivity contribution in [2.24, 2.45) is 5.92 Å². The first kappa shape index (κ1) is 13.3. The van der Waals surface area contributed by atoms with E-state index in [0.717, 1.165) is 0 Å². The van der Waals surface area contributed by atoms with Crippen LogP contribution in [0.4, 0.5) is 0 Å². The molecule has 3 N–H and O–H groups in total. The van der Waals surface area contributed by atoms with E-state index in [0.29, 0.717) is 6.42 Å². The fraction of sp³-hybridized carbons (Fsp3) is 0.857. The first-order chi connectivity index (χ1) is 6.43. The van der Waals surface area contributed by atoms with Gasteiger partial charge in [0.1, 0.15) is 0 Å². The van der Waals surface area contributed by atoms with E-state index in [1.807, 2.05) is 0 Å². The molecule has 0 amide bonds. The molecule has 0 radical (unpaired) electrons. The smallest absolute Gasteiger partial charge is 0.307 e. The highest BCUT2D eigenvalue weighted by molar-refractivity contribution is 7.87. The molecule has 0 aromatic carbocycles. The summed E-state index contributed by atoms with van der Waals surface area (Å²) in [6.45, 7) is 3.54. The minimum atomic E-state index is -3.53. The maximum Gasteiger partial charge on any atom is 0.307 e. The molecule has 0 aliphatic carbocycles. The number of aliphatic carboxylic acids is 1. The van der Waals surface area contributed by atoms with Gasteiger partial charge in [-0.3, -0.25) is 4.79 Å². The number of nitrogens with one attached hydrogen (secondary N) is 2. The number of hydrogen-bond acceptors (Lipinski definition) is 3. The molecule has 0 aliphatic rings. The van der Waals surface area contributed by atoms with Gasteiger partial charge in [-0.15, -0.1) is 0 Å². The highest BCUT2D eigenvalue weighted by atomic mass is 32.2. The van der Waals surface area contributed by atoms with Crippen LogP contribution in [0.3, 0.4) is 0 Å². The number of carbonyl (C=O) groups is 1. The summed E-state index contributed by atoms with van der Waals surface area (Å²) in [5.41, 5.74) is 0. The molecule has 14 heavy (non-hydrogen) atoms. The molecule has 0 saturated heterocycles. The van der Waals surface area contributed by atoms with Crippen LogP contribution in [0.15, 0.2) is 0 Å². The average molecular weight is 224 g/mol. The van der Waals surface area contributed by atoms with Gasteiger partial charge in [0.05, 0.1) is 5.92 Å². The van der Waals surface area contributed by atoms with Gasteiger partial charge in [-0.25, -0.2) is 9.44 Å². The minimum absolute atomic E-state index is 0.0822. The Morgan fingerprint density at radius 1 is 1.36 bits per heavy atom. The second-order valence-electron chi connectivity index (χ2n) is 2.79. The molecule has 0 bridgehead atoms. The van der Waals surface area contributed by atoms with Crippen LogP contribution in [0, 0.1) is 5.92 Å². The number of carboxylic acid groups (broad SMARTS) is 1. The van der Waals surface area contributed by atoms with Crippen molar-refractivity contribution in [2.45, 2.75) is 20.3 Å². The van der Waals surface area contributed by atoms with Crippen molar-refractivity contribution in [1.29, 1.82) is 0 Å². The standard InChI is InChI=1S/C7H16N2O4S/c1-3-6(7(10)11)5-9-14(12,13)8-4-2/h6,8-9H,3-5H2,1-2H3,(H,10,11). The Kier molecular flexibility index (Phi) is 5.66. The molecule has 84 valence electrons. The first-order valence-corrected chi connectivity index (χ1v) is 5.88. The van der Waals surface area contributed by atoms with E-state index in [9.17, 15) is 13.2 Å². The molecule has 0 rings (SSSR count). The molecule has 6 nitrogen and oxygen atoms in total. The highest BCUT2D eigenvalue weighted by Gasteiger charge is 2.17. The molecular formula is C7H16N2O4S. The minimum Gasteiger partial charge on any atom is -0.481 e. The predicted molar refractivity (Wildman–Crippen MR) is 52.0 cm³/mol. The van der Waals surface area contributed by atoms with Gasteiger partial charge >= 0.3 is 5.97 Å². The summed E-state index contributed by atoms with van der Waals surface area (Å²) in [5.74, 6) is -1.67. The van der Waals surface area contributed by atoms with Gasteiger partial charge in [-0.1, -0.05) is 13.8 Å². The van der Waals surface area contributed by atoms with Gasteiger partial charge in [0.25, 0.3) is 10.2 Å². The molecule has 0 saturated carbocycles. The van der Waals surface area contributed by atoms with Crippen molar-refractivity contribution >= 4 is 16.2 Å². The van der Waals surface area contributed by atoms with Crippen LogP contribution in [-0.2, 0) is 15.0 Å². The topological polar surface area (TPSA) is 95.5 Å². The van der Waals surface area contributed by atoms with E-state index in [1.165, 1.54) is 0 Å². The second kappa shape index (κ2) is 5.94. The van der Waals surface area contributed by atoms with Crippen LogP contribution in [0.1, 0.15) is 20.3 Å². The summed E-state index contributed by atoms with van der Waals surface area (Å²) >= 11 is 0. The number of rotatable bonds is 7. The maximum absolute atomic E-state index is 11.1. The molecule has 1 atom stereocenters. The van der Waals surface area contributed by atoms with Gasteiger partial charge in [-0.05, 0) is 6.42 Å². The molecule has 7 heteroatoms. The van der Waals surface area contributed by atoms with Crippen LogP contribution in [0.5, 0.6) is 0 Å². The lowest BCUT2D eigenvalue weighted by Gasteiger charge is -2.11. The molecule has 0 aromatic rings. The van der Waals surface area contributed by atoms with Crippen molar-refractivity contribution in [1.82, 2.24) is 9.44 Å². The van der Waals surface area contributed by atoms with Crippen molar-refractivity contribution < 1.29 is 18.3 Å². The number of hydrogen-bond donors (Lipinski definition) is 3. The zero-order valence-electron chi connectivity index (χ0n) is 8.28. The van der Waals surface area contributed by atoms with E-state index in [1.54, 1.807) is 13.8 Å². The Bertz CT molecular complexity index is 275. The third-order valence-electron chi connectivity index (χ3n) is 1.70. The summed E-state index contributed by atoms with van der Waals surface area (Å²) in [7, 11) is -3.53. The fourth-order valence-corrected chi connectivity index (χ4v) is 1.76. The average Bonchev–Trinajstić information content (AvgIpc) is 2.04. The number of carboxylic acids is 1. The quantitative estimate of drug-likeness (QED) is 0.545. The first-order valence-electron chi connectivity index (χ1n) is 4.40. The predicted octanol–water partition coefficient (Wildman–Crippen LogP) is -0.459. The van der Waals surface area contributed by atoms with Crippen LogP contribution in [0.25, 0.3) is 0 Å². The monoisotopic (exact) mass is 224 g/mol. The van der Waals surface area contributed by atoms with Crippen molar-refractivity contribution in [3.05, 3.63) is 0 Å². The molecule has 1 unspecified atom stereocenters. The van der Waals surface area contributed by atoms with Gasteiger partial charge in [0, 0.05) is 13.1 Å². The highest BCUT2D eigenvalue weighted by Crippen LogP contribution is 2.00. The van der Waals surface area contributed by atoms with Gasteiger partial charge in [-0.2, -0.15) is 8.42 Å². The van der Waals surface area contributed by atoms with Gasteiger partial charge < -0.3 is 5.11 Å². The molecule has 0 aromatic heterocycles. The summed E-state index contributed by atoms with van der Waals surface area (Å²) in [6.07, 6.45) is 0.393. The van der Waals surface area contributed by atoms with Gasteiger partial charge in [0.15, 0.2) is 0 Å². The van der Waals surface area contributed by atoms with Crippen LogP contribution in [0.2, 0.25) is 0 Å². The Hall–Kier alpha value is -0.660. The van der Waals surface area contributed by atoms with Gasteiger partial charge in [0.2, 0.25) is 0 Å². The third-order valence-corrected chi connectivity index (χ3v) is 2.91. The molecule has 0 heterocycles. The second-order valence-corrected chi connectivity index (χ2v) is 4.38. The Labute approximate surface area is 83.9 Å². The van der Waals surface area contributed by atoms with Crippen LogP contribution in [-0.4, -0.2) is 32.6 Å². The lowest BCUT2D eigenvalue weighted by atomic mass is 10.1. The molecule has 0 aliphatic heterocycles. The third kappa shape index (κ3) is 5.15. The zero-order chi connectivity index (χ0) is 11.2. The largest absolute Gasteiger partial charge is 0.481 e. The van der Waals surface area contributed by atoms with Crippen LogP contribution >= 0.6 is 0 Å². The Morgan fingerprint density at radius 3 is 2.29 bits per heavy atom. The van der Waals surface area contributed by atoms with Crippen molar-refractivity contribution in [3.63, 3.8) is 0 Å². The Balaban J connectivity index is 4.09. The molecular weight excluding hydrogens is 208 g/mol. The normalized spacial score (nSPS) is 13.9. The molecule has 0 spiro atoms. The summed E-state index contributed by atoms with van der Waals surface area (Å²) < 4.78 is 26.5. The zero-order valence-corrected chi connectivity index (χ0v) is 9.10.